The van der Waals surface area contributed by atoms with E-state index in [1.807, 2.05) is 13.8 Å². The summed E-state index contributed by atoms with van der Waals surface area (Å²) < 4.78 is 0. The average Bonchev–Trinajstić information content (AvgIpc) is 2.91. The third-order valence-electron chi connectivity index (χ3n) is 5.85. The molecule has 0 aliphatic heterocycles. The summed E-state index contributed by atoms with van der Waals surface area (Å²) in [7, 11) is 0. The van der Waals surface area contributed by atoms with Gasteiger partial charge in [0.1, 0.15) is 12.1 Å². The molecule has 0 heterocycles. The number of nitrogens with two attached hydrogens (primary N) is 1. The molecule has 0 saturated heterocycles. The number of carboxylic acids is 1. The fourth-order valence-corrected chi connectivity index (χ4v) is 3.94. The summed E-state index contributed by atoms with van der Waals surface area (Å²) in [6, 6.07) is 13.0. The predicted molar refractivity (Wildman–Crippen MR) is 152 cm³/mol. The monoisotopic (exact) mass is 571 g/mol. The highest BCUT2D eigenvalue weighted by Gasteiger charge is 2.27. The summed E-state index contributed by atoms with van der Waals surface area (Å²) in [5.41, 5.74) is 7.52. The molecule has 11 nitrogen and oxygen atoms in total. The minimum Gasteiger partial charge on any atom is -0.480 e. The van der Waals surface area contributed by atoms with Crippen molar-refractivity contribution in [2.24, 2.45) is 11.7 Å². The minimum atomic E-state index is -1.17. The first-order valence-electron chi connectivity index (χ1n) is 12.9. The molecule has 0 aliphatic carbocycles. The Morgan fingerprint density at radius 1 is 0.775 bits per heavy atom. The molecule has 40 heavy (non-hydrogen) atoms. The fourth-order valence-electron chi connectivity index (χ4n) is 3.79. The van der Waals surface area contributed by atoms with Crippen LogP contribution in [0.3, 0.4) is 0 Å². The first kappa shape index (κ1) is 32.3. The number of aliphatic carboxylic acids is 1. The SMILES string of the molecule is CC(C)C[C@H](NC(=O)[C@H](Cc1ccccc1)NC(=O)CNC(=O)CNC(=O)[C@@H](N)Cc1ccc(S)cc1)C(=O)O. The molecule has 0 aromatic heterocycles. The molecule has 2 aromatic rings. The highest BCUT2D eigenvalue weighted by atomic mass is 32.1. The molecule has 4 amide bonds. The Morgan fingerprint density at radius 2 is 1.38 bits per heavy atom. The third-order valence-corrected chi connectivity index (χ3v) is 6.15. The van der Waals surface area contributed by atoms with E-state index in [4.69, 9.17) is 5.73 Å². The molecule has 0 radical (unpaired) electrons. The van der Waals surface area contributed by atoms with Crippen molar-refractivity contribution in [1.29, 1.82) is 0 Å². The van der Waals surface area contributed by atoms with Gasteiger partial charge < -0.3 is 32.1 Å². The van der Waals surface area contributed by atoms with E-state index in [9.17, 15) is 29.1 Å². The largest absolute Gasteiger partial charge is 0.480 e. The van der Waals surface area contributed by atoms with Gasteiger partial charge in [0.05, 0.1) is 19.1 Å². The van der Waals surface area contributed by atoms with Gasteiger partial charge in [-0.1, -0.05) is 56.3 Å². The molecule has 0 saturated carbocycles. The Hall–Kier alpha value is -3.90. The van der Waals surface area contributed by atoms with E-state index in [1.165, 1.54) is 0 Å². The number of carboxylic acid groups (broad SMARTS) is 1. The predicted octanol–water partition coefficient (Wildman–Crippen LogP) is 0.421. The van der Waals surface area contributed by atoms with E-state index in [1.54, 1.807) is 54.6 Å². The molecule has 0 unspecified atom stereocenters. The molecule has 0 fully saturated rings. The van der Waals surface area contributed by atoms with Crippen molar-refractivity contribution in [3.8, 4) is 0 Å². The lowest BCUT2D eigenvalue weighted by atomic mass is 10.0. The number of amides is 4. The third kappa shape index (κ3) is 11.9. The molecule has 216 valence electrons. The van der Waals surface area contributed by atoms with E-state index in [0.29, 0.717) is 0 Å². The smallest absolute Gasteiger partial charge is 0.326 e. The van der Waals surface area contributed by atoms with E-state index in [0.717, 1.165) is 16.0 Å². The summed E-state index contributed by atoms with van der Waals surface area (Å²) >= 11 is 4.21. The first-order chi connectivity index (χ1) is 18.9. The number of nitrogens with one attached hydrogen (secondary N) is 4. The first-order valence-corrected chi connectivity index (χ1v) is 13.3. The summed E-state index contributed by atoms with van der Waals surface area (Å²) in [6.45, 7) is 2.83. The highest BCUT2D eigenvalue weighted by molar-refractivity contribution is 7.80. The molecule has 12 heteroatoms. The van der Waals surface area contributed by atoms with Gasteiger partial charge in [-0.15, -0.1) is 12.6 Å². The van der Waals surface area contributed by atoms with Crippen LogP contribution in [0.1, 0.15) is 31.4 Å². The lowest BCUT2D eigenvalue weighted by Crippen LogP contribution is -2.54. The Balaban J connectivity index is 1.88. The van der Waals surface area contributed by atoms with Crippen molar-refractivity contribution in [3.63, 3.8) is 0 Å². The van der Waals surface area contributed by atoms with E-state index in [-0.39, 0.29) is 25.2 Å². The number of carbonyl (C=O) groups is 5. The van der Waals surface area contributed by atoms with Crippen LogP contribution < -0.4 is 27.0 Å². The number of rotatable bonds is 15. The number of hydrogen-bond donors (Lipinski definition) is 7. The van der Waals surface area contributed by atoms with Gasteiger partial charge in [0.15, 0.2) is 0 Å². The zero-order valence-corrected chi connectivity index (χ0v) is 23.4. The Kier molecular flexibility index (Phi) is 13.1. The second-order valence-electron chi connectivity index (χ2n) is 9.81. The second-order valence-corrected chi connectivity index (χ2v) is 10.3. The maximum atomic E-state index is 13.0. The van der Waals surface area contributed by atoms with Crippen LogP contribution in [0.15, 0.2) is 59.5 Å². The van der Waals surface area contributed by atoms with Crippen LogP contribution >= 0.6 is 12.6 Å². The Labute approximate surface area is 239 Å². The van der Waals surface area contributed by atoms with Gasteiger partial charge in [0.2, 0.25) is 23.6 Å². The summed E-state index contributed by atoms with van der Waals surface area (Å²) in [4.78, 5) is 62.4. The normalized spacial score (nSPS) is 13.0. The lowest BCUT2D eigenvalue weighted by Gasteiger charge is -2.22. The van der Waals surface area contributed by atoms with Crippen molar-refractivity contribution in [3.05, 3.63) is 65.7 Å². The molecule has 7 N–H and O–H groups in total. The summed E-state index contributed by atoms with van der Waals surface area (Å²) in [5, 5.41) is 19.4. The topological polar surface area (TPSA) is 180 Å². The van der Waals surface area contributed by atoms with Crippen molar-refractivity contribution < 1.29 is 29.1 Å². The standard InChI is InChI=1S/C28H37N5O6S/c1-17(2)12-23(28(38)39)33-27(37)22(14-18-6-4-3-5-7-18)32-25(35)16-30-24(34)15-31-26(36)21(29)13-19-8-10-20(40)11-9-19/h3-11,17,21-23,40H,12-16,29H2,1-2H3,(H,30,34)(H,31,36)(H,32,35)(H,33,37)(H,38,39)/t21-,22-,23-/m0/s1. The number of hydrogen-bond acceptors (Lipinski definition) is 7. The molecular weight excluding hydrogens is 534 g/mol. The van der Waals surface area contributed by atoms with Crippen LogP contribution in [-0.2, 0) is 36.8 Å². The van der Waals surface area contributed by atoms with Gasteiger partial charge in [-0.05, 0) is 42.0 Å². The van der Waals surface area contributed by atoms with E-state index in [2.05, 4.69) is 33.9 Å². The Bertz CT molecular complexity index is 1160. The van der Waals surface area contributed by atoms with Crippen molar-refractivity contribution in [1.82, 2.24) is 21.3 Å². The van der Waals surface area contributed by atoms with Crippen LogP contribution in [0, 0.1) is 5.92 Å². The number of thiol groups is 1. The maximum Gasteiger partial charge on any atom is 0.326 e. The molecule has 0 bridgehead atoms. The van der Waals surface area contributed by atoms with Gasteiger partial charge in [-0.2, -0.15) is 0 Å². The Morgan fingerprint density at radius 3 is 1.98 bits per heavy atom. The van der Waals surface area contributed by atoms with E-state index < -0.39 is 60.8 Å². The minimum absolute atomic E-state index is 0.0217. The highest BCUT2D eigenvalue weighted by Crippen LogP contribution is 2.10. The molecule has 0 aliphatic rings. The molecule has 2 rings (SSSR count). The van der Waals surface area contributed by atoms with Gasteiger partial charge in [-0.25, -0.2) is 4.79 Å². The van der Waals surface area contributed by atoms with Crippen LogP contribution in [0.5, 0.6) is 0 Å². The number of carbonyl (C=O) groups excluding carboxylic acids is 4. The number of benzene rings is 2. The average molecular weight is 572 g/mol. The van der Waals surface area contributed by atoms with Crippen molar-refractivity contribution in [2.45, 2.75) is 56.1 Å². The fraction of sp³-hybridized carbons (Fsp3) is 0.393. The maximum absolute atomic E-state index is 13.0. The molecule has 3 atom stereocenters. The van der Waals surface area contributed by atoms with Gasteiger partial charge in [0.25, 0.3) is 0 Å². The second kappa shape index (κ2) is 16.3. The molecule has 2 aromatic carbocycles. The van der Waals surface area contributed by atoms with Crippen molar-refractivity contribution >= 4 is 42.2 Å². The van der Waals surface area contributed by atoms with Crippen LogP contribution in [0.2, 0.25) is 0 Å². The van der Waals surface area contributed by atoms with E-state index >= 15 is 0 Å². The molecular formula is C28H37N5O6S. The summed E-state index contributed by atoms with van der Waals surface area (Å²) in [5.74, 6) is -3.60. The van der Waals surface area contributed by atoms with Gasteiger partial charge >= 0.3 is 5.97 Å². The summed E-state index contributed by atoms with van der Waals surface area (Å²) in [6.07, 6.45) is 0.611. The molecule has 0 spiro atoms. The van der Waals surface area contributed by atoms with Crippen molar-refractivity contribution in [2.75, 3.05) is 13.1 Å². The zero-order chi connectivity index (χ0) is 29.7. The zero-order valence-electron chi connectivity index (χ0n) is 22.6. The van der Waals surface area contributed by atoms with Crippen LogP contribution in [0.4, 0.5) is 0 Å². The van der Waals surface area contributed by atoms with Gasteiger partial charge in [0, 0.05) is 11.3 Å². The van der Waals surface area contributed by atoms with Gasteiger partial charge in [-0.3, -0.25) is 19.2 Å². The lowest BCUT2D eigenvalue weighted by molar-refractivity contribution is -0.142. The van der Waals surface area contributed by atoms with Crippen LogP contribution in [0.25, 0.3) is 0 Å². The quantitative estimate of drug-likeness (QED) is 0.151. The van der Waals surface area contributed by atoms with Crippen LogP contribution in [-0.4, -0.2) is 65.9 Å².